The van der Waals surface area contributed by atoms with Gasteiger partial charge >= 0.3 is 5.97 Å². The molecule has 16 heavy (non-hydrogen) atoms. The van der Waals surface area contributed by atoms with Gasteiger partial charge < -0.3 is 15.2 Å². The van der Waals surface area contributed by atoms with Crippen LogP contribution in [0.4, 0.5) is 0 Å². The van der Waals surface area contributed by atoms with Gasteiger partial charge in [-0.2, -0.15) is 0 Å². The summed E-state index contributed by atoms with van der Waals surface area (Å²) < 4.78 is 10.5. The third-order valence-corrected chi connectivity index (χ3v) is 2.85. The molecule has 0 fully saturated rings. The van der Waals surface area contributed by atoms with E-state index in [1.807, 2.05) is 13.8 Å². The SMILES string of the molecule is CCCOCCC(CC)(CN)C(=O)OCC. The maximum Gasteiger partial charge on any atom is 0.313 e. The van der Waals surface area contributed by atoms with E-state index in [2.05, 4.69) is 6.92 Å². The van der Waals surface area contributed by atoms with Crippen LogP contribution in [0.5, 0.6) is 0 Å². The van der Waals surface area contributed by atoms with Crippen molar-refractivity contribution < 1.29 is 14.3 Å². The Kier molecular flexibility index (Phi) is 8.21. The minimum absolute atomic E-state index is 0.194. The Morgan fingerprint density at radius 1 is 1.25 bits per heavy atom. The zero-order valence-corrected chi connectivity index (χ0v) is 10.8. The molecule has 4 nitrogen and oxygen atoms in total. The Labute approximate surface area is 98.5 Å². The number of ether oxygens (including phenoxy) is 2. The molecule has 0 aromatic rings. The fourth-order valence-corrected chi connectivity index (χ4v) is 1.55. The second-order valence-electron chi connectivity index (χ2n) is 3.92. The van der Waals surface area contributed by atoms with Crippen molar-refractivity contribution in [2.45, 2.75) is 40.0 Å². The molecule has 0 aliphatic carbocycles. The van der Waals surface area contributed by atoms with Crippen LogP contribution in [0.3, 0.4) is 0 Å². The van der Waals surface area contributed by atoms with Crippen LogP contribution in [0.2, 0.25) is 0 Å². The van der Waals surface area contributed by atoms with Crippen LogP contribution in [0.1, 0.15) is 40.0 Å². The van der Waals surface area contributed by atoms with Gasteiger partial charge in [-0.15, -0.1) is 0 Å². The van der Waals surface area contributed by atoms with Crippen LogP contribution in [0.25, 0.3) is 0 Å². The normalized spacial score (nSPS) is 14.5. The van der Waals surface area contributed by atoms with Crippen molar-refractivity contribution in [3.63, 3.8) is 0 Å². The number of carbonyl (C=O) groups excluding carboxylic acids is 1. The Bertz CT molecular complexity index is 191. The Hall–Kier alpha value is -0.610. The van der Waals surface area contributed by atoms with Gasteiger partial charge in [0, 0.05) is 19.8 Å². The van der Waals surface area contributed by atoms with Gasteiger partial charge in [0.25, 0.3) is 0 Å². The second-order valence-corrected chi connectivity index (χ2v) is 3.92. The quantitative estimate of drug-likeness (QED) is 0.485. The van der Waals surface area contributed by atoms with Gasteiger partial charge in [0.15, 0.2) is 0 Å². The number of hydrogen-bond acceptors (Lipinski definition) is 4. The third-order valence-electron chi connectivity index (χ3n) is 2.85. The molecule has 4 heteroatoms. The highest BCUT2D eigenvalue weighted by Gasteiger charge is 2.36. The second kappa shape index (κ2) is 8.53. The lowest BCUT2D eigenvalue weighted by molar-refractivity contribution is -0.156. The largest absolute Gasteiger partial charge is 0.466 e. The minimum atomic E-state index is -0.566. The topological polar surface area (TPSA) is 61.5 Å². The molecule has 0 saturated heterocycles. The first-order valence-electron chi connectivity index (χ1n) is 6.11. The summed E-state index contributed by atoms with van der Waals surface area (Å²) in [5.74, 6) is -0.194. The molecule has 0 rings (SSSR count). The van der Waals surface area contributed by atoms with Crippen molar-refractivity contribution in [2.75, 3.05) is 26.4 Å². The summed E-state index contributed by atoms with van der Waals surface area (Å²) in [5, 5.41) is 0. The van der Waals surface area contributed by atoms with Crippen LogP contribution >= 0.6 is 0 Å². The van der Waals surface area contributed by atoms with E-state index in [1.165, 1.54) is 0 Å². The van der Waals surface area contributed by atoms with Gasteiger partial charge in [-0.25, -0.2) is 0 Å². The van der Waals surface area contributed by atoms with Gasteiger partial charge in [0.05, 0.1) is 12.0 Å². The molecule has 0 aromatic carbocycles. The van der Waals surface area contributed by atoms with Crippen molar-refractivity contribution in [2.24, 2.45) is 11.1 Å². The smallest absolute Gasteiger partial charge is 0.313 e. The molecule has 1 atom stereocenters. The minimum Gasteiger partial charge on any atom is -0.466 e. The van der Waals surface area contributed by atoms with E-state index >= 15 is 0 Å². The lowest BCUT2D eigenvalue weighted by atomic mass is 9.82. The van der Waals surface area contributed by atoms with Crippen LogP contribution in [-0.2, 0) is 14.3 Å². The molecule has 0 aliphatic rings. The first-order chi connectivity index (χ1) is 7.66. The van der Waals surface area contributed by atoms with E-state index in [4.69, 9.17) is 15.2 Å². The van der Waals surface area contributed by atoms with Gasteiger partial charge in [0.1, 0.15) is 0 Å². The molecule has 0 radical (unpaired) electrons. The summed E-state index contributed by atoms with van der Waals surface area (Å²) in [5.41, 5.74) is 5.14. The molecule has 0 aliphatic heterocycles. The highest BCUT2D eigenvalue weighted by molar-refractivity contribution is 5.77. The summed E-state index contributed by atoms with van der Waals surface area (Å²) in [4.78, 5) is 11.8. The molecule has 0 bridgehead atoms. The first-order valence-corrected chi connectivity index (χ1v) is 6.11. The molecular formula is C12H25NO3. The van der Waals surface area contributed by atoms with Gasteiger partial charge in [-0.05, 0) is 26.2 Å². The Morgan fingerprint density at radius 3 is 2.38 bits per heavy atom. The molecule has 0 spiro atoms. The molecule has 2 N–H and O–H groups in total. The average molecular weight is 231 g/mol. The van der Waals surface area contributed by atoms with Gasteiger partial charge in [-0.1, -0.05) is 13.8 Å². The summed E-state index contributed by atoms with van der Waals surface area (Å²) in [6, 6.07) is 0. The third kappa shape index (κ3) is 4.49. The van der Waals surface area contributed by atoms with Crippen molar-refractivity contribution in [1.82, 2.24) is 0 Å². The molecular weight excluding hydrogens is 206 g/mol. The van der Waals surface area contributed by atoms with Crippen LogP contribution in [-0.4, -0.2) is 32.3 Å². The Balaban J connectivity index is 4.26. The van der Waals surface area contributed by atoms with E-state index in [-0.39, 0.29) is 5.97 Å². The number of carbonyl (C=O) groups is 1. The molecule has 0 heterocycles. The van der Waals surface area contributed by atoms with Crippen LogP contribution in [0.15, 0.2) is 0 Å². The van der Waals surface area contributed by atoms with Gasteiger partial charge in [0.2, 0.25) is 0 Å². The molecule has 96 valence electrons. The van der Waals surface area contributed by atoms with Crippen LogP contribution < -0.4 is 5.73 Å². The summed E-state index contributed by atoms with van der Waals surface area (Å²) in [7, 11) is 0. The van der Waals surface area contributed by atoms with E-state index in [0.717, 1.165) is 13.0 Å². The fraction of sp³-hybridized carbons (Fsp3) is 0.917. The lowest BCUT2D eigenvalue weighted by Gasteiger charge is -2.28. The maximum atomic E-state index is 11.8. The van der Waals surface area contributed by atoms with Crippen molar-refractivity contribution >= 4 is 5.97 Å². The zero-order chi connectivity index (χ0) is 12.4. The number of nitrogens with two attached hydrogens (primary N) is 1. The van der Waals surface area contributed by atoms with Crippen molar-refractivity contribution in [1.29, 1.82) is 0 Å². The monoisotopic (exact) mass is 231 g/mol. The molecule has 0 aromatic heterocycles. The van der Waals surface area contributed by atoms with Crippen molar-refractivity contribution in [3.8, 4) is 0 Å². The molecule has 0 amide bonds. The fourth-order valence-electron chi connectivity index (χ4n) is 1.55. The standard InChI is InChI=1S/C12H25NO3/c1-4-8-15-9-7-12(5-2,10-13)11(14)16-6-3/h4-10,13H2,1-3H3. The summed E-state index contributed by atoms with van der Waals surface area (Å²) >= 11 is 0. The van der Waals surface area contributed by atoms with Gasteiger partial charge in [-0.3, -0.25) is 4.79 Å². The maximum absolute atomic E-state index is 11.8. The van der Waals surface area contributed by atoms with E-state index < -0.39 is 5.41 Å². The average Bonchev–Trinajstić information content (AvgIpc) is 2.30. The van der Waals surface area contributed by atoms with Crippen molar-refractivity contribution in [3.05, 3.63) is 0 Å². The Morgan fingerprint density at radius 2 is 1.94 bits per heavy atom. The van der Waals surface area contributed by atoms with E-state index in [1.54, 1.807) is 0 Å². The first kappa shape index (κ1) is 15.4. The summed E-state index contributed by atoms with van der Waals surface area (Å²) in [6.45, 7) is 7.84. The van der Waals surface area contributed by atoms with E-state index in [9.17, 15) is 4.79 Å². The summed E-state index contributed by atoms with van der Waals surface area (Å²) in [6.07, 6.45) is 2.32. The number of esters is 1. The van der Waals surface area contributed by atoms with E-state index in [0.29, 0.717) is 32.6 Å². The number of hydrogen-bond donors (Lipinski definition) is 1. The molecule has 1 unspecified atom stereocenters. The number of rotatable bonds is 9. The predicted octanol–water partition coefficient (Wildman–Crippen LogP) is 1.72. The lowest BCUT2D eigenvalue weighted by Crippen LogP contribution is -2.40. The predicted molar refractivity (Wildman–Crippen MR) is 64.1 cm³/mol. The highest BCUT2D eigenvalue weighted by atomic mass is 16.5. The highest BCUT2D eigenvalue weighted by Crippen LogP contribution is 2.27. The molecule has 0 saturated carbocycles. The van der Waals surface area contributed by atoms with Crippen LogP contribution in [0, 0.1) is 5.41 Å². The zero-order valence-electron chi connectivity index (χ0n) is 10.8.